The largest absolute Gasteiger partial charge is 0.345 e. The Morgan fingerprint density at radius 3 is 2.67 bits per heavy atom. The van der Waals surface area contributed by atoms with Gasteiger partial charge in [0.25, 0.3) is 5.91 Å². The Hall–Kier alpha value is -0.940. The maximum absolute atomic E-state index is 13.7. The van der Waals surface area contributed by atoms with Crippen molar-refractivity contribution in [2.75, 3.05) is 6.54 Å². The summed E-state index contributed by atoms with van der Waals surface area (Å²) >= 11 is 3.20. The minimum atomic E-state index is -0.521. The van der Waals surface area contributed by atoms with Crippen molar-refractivity contribution in [1.82, 2.24) is 5.32 Å². The van der Waals surface area contributed by atoms with Crippen LogP contribution in [0, 0.1) is 5.82 Å². The molecule has 1 aromatic carbocycles. The molecule has 0 radical (unpaired) electrons. The first-order valence-electron chi connectivity index (χ1n) is 6.05. The second-order valence-corrected chi connectivity index (χ2v) is 5.60. The molecule has 0 heterocycles. The van der Waals surface area contributed by atoms with E-state index in [0.29, 0.717) is 11.0 Å². The third-order valence-corrected chi connectivity index (χ3v) is 4.18. The maximum Gasteiger partial charge on any atom is 0.255 e. The molecule has 0 unspecified atom stereocenters. The van der Waals surface area contributed by atoms with Crippen LogP contribution >= 0.6 is 15.9 Å². The molecule has 0 atom stereocenters. The van der Waals surface area contributed by atoms with Crippen LogP contribution in [-0.2, 0) is 0 Å². The number of rotatable bonds is 3. The summed E-state index contributed by atoms with van der Waals surface area (Å²) in [6.45, 7) is 0.394. The molecule has 1 fully saturated rings. The molecule has 1 aromatic rings. The van der Waals surface area contributed by atoms with Gasteiger partial charge in [-0.15, -0.1) is 0 Å². The number of nitrogens with two attached hydrogens (primary N) is 1. The standard InChI is InChI=1S/C13H16BrFN2O/c14-9-4-3-5-10(15)11(9)12(18)17-13(8-16)6-1-2-7-13/h3-5H,1-2,6-8,16H2,(H,17,18). The summed E-state index contributed by atoms with van der Waals surface area (Å²) in [6.07, 6.45) is 3.83. The fourth-order valence-electron chi connectivity index (χ4n) is 2.45. The van der Waals surface area contributed by atoms with Crippen molar-refractivity contribution in [3.05, 3.63) is 34.1 Å². The van der Waals surface area contributed by atoms with Crippen LogP contribution in [0.5, 0.6) is 0 Å². The summed E-state index contributed by atoms with van der Waals surface area (Å²) in [5, 5.41) is 2.91. The molecule has 0 spiro atoms. The van der Waals surface area contributed by atoms with Gasteiger partial charge in [-0.05, 0) is 40.9 Å². The molecule has 0 saturated heterocycles. The summed E-state index contributed by atoms with van der Waals surface area (Å²) in [5.74, 6) is -0.917. The lowest BCUT2D eigenvalue weighted by Gasteiger charge is -2.29. The summed E-state index contributed by atoms with van der Waals surface area (Å²) in [6, 6.07) is 4.50. The fourth-order valence-corrected chi connectivity index (χ4v) is 2.97. The van der Waals surface area contributed by atoms with Crippen molar-refractivity contribution >= 4 is 21.8 Å². The first-order chi connectivity index (χ1) is 8.58. The summed E-state index contributed by atoms with van der Waals surface area (Å²) in [7, 11) is 0. The average molecular weight is 315 g/mol. The smallest absolute Gasteiger partial charge is 0.255 e. The zero-order chi connectivity index (χ0) is 13.2. The third kappa shape index (κ3) is 2.57. The Kier molecular flexibility index (Phi) is 4.02. The Morgan fingerprint density at radius 1 is 1.44 bits per heavy atom. The van der Waals surface area contributed by atoms with Gasteiger partial charge in [0, 0.05) is 11.0 Å². The molecule has 0 aliphatic heterocycles. The Labute approximate surface area is 114 Å². The number of nitrogens with one attached hydrogen (secondary N) is 1. The van der Waals surface area contributed by atoms with Crippen LogP contribution in [0.15, 0.2) is 22.7 Å². The van der Waals surface area contributed by atoms with Crippen molar-refractivity contribution in [3.63, 3.8) is 0 Å². The van der Waals surface area contributed by atoms with Crippen LogP contribution in [-0.4, -0.2) is 18.0 Å². The summed E-state index contributed by atoms with van der Waals surface area (Å²) < 4.78 is 14.1. The number of halogens is 2. The molecule has 1 aliphatic carbocycles. The number of hydrogen-bond donors (Lipinski definition) is 2. The Morgan fingerprint density at radius 2 is 2.11 bits per heavy atom. The summed E-state index contributed by atoms with van der Waals surface area (Å²) in [4.78, 5) is 12.2. The molecule has 0 bridgehead atoms. The number of carbonyl (C=O) groups excluding carboxylic acids is 1. The Balaban J connectivity index is 2.22. The molecule has 3 N–H and O–H groups in total. The van der Waals surface area contributed by atoms with Crippen molar-refractivity contribution in [2.24, 2.45) is 5.73 Å². The van der Waals surface area contributed by atoms with Gasteiger partial charge in [-0.1, -0.05) is 18.9 Å². The lowest BCUT2D eigenvalue weighted by Crippen LogP contribution is -2.51. The van der Waals surface area contributed by atoms with E-state index in [1.807, 2.05) is 0 Å². The van der Waals surface area contributed by atoms with E-state index in [4.69, 9.17) is 5.73 Å². The van der Waals surface area contributed by atoms with E-state index in [0.717, 1.165) is 25.7 Å². The first kappa shape index (κ1) is 13.5. The third-order valence-electron chi connectivity index (χ3n) is 3.52. The predicted molar refractivity (Wildman–Crippen MR) is 71.8 cm³/mol. The van der Waals surface area contributed by atoms with E-state index < -0.39 is 11.7 Å². The minimum Gasteiger partial charge on any atom is -0.345 e. The van der Waals surface area contributed by atoms with E-state index in [-0.39, 0.29) is 11.1 Å². The van der Waals surface area contributed by atoms with Crippen LogP contribution in [0.25, 0.3) is 0 Å². The topological polar surface area (TPSA) is 55.1 Å². The molecule has 5 heteroatoms. The van der Waals surface area contributed by atoms with Crippen LogP contribution in [0.3, 0.4) is 0 Å². The van der Waals surface area contributed by atoms with Crippen LogP contribution < -0.4 is 11.1 Å². The SMILES string of the molecule is NCC1(NC(=O)c2c(F)cccc2Br)CCCC1. The number of hydrogen-bond acceptors (Lipinski definition) is 2. The van der Waals surface area contributed by atoms with Gasteiger partial charge in [0.05, 0.1) is 11.1 Å². The van der Waals surface area contributed by atoms with E-state index in [2.05, 4.69) is 21.2 Å². The second-order valence-electron chi connectivity index (χ2n) is 4.74. The van der Waals surface area contributed by atoms with Crippen LogP contribution in [0.2, 0.25) is 0 Å². The number of benzene rings is 1. The minimum absolute atomic E-state index is 0.0530. The van der Waals surface area contributed by atoms with Gasteiger partial charge in [-0.3, -0.25) is 4.79 Å². The second kappa shape index (κ2) is 5.36. The van der Waals surface area contributed by atoms with E-state index in [1.54, 1.807) is 12.1 Å². The van der Waals surface area contributed by atoms with E-state index in [1.165, 1.54) is 6.07 Å². The molecule has 2 rings (SSSR count). The van der Waals surface area contributed by atoms with Gasteiger partial charge in [0.1, 0.15) is 5.82 Å². The van der Waals surface area contributed by atoms with Gasteiger partial charge in [-0.2, -0.15) is 0 Å². The summed E-state index contributed by atoms with van der Waals surface area (Å²) in [5.41, 5.74) is 5.44. The van der Waals surface area contributed by atoms with Crippen molar-refractivity contribution in [3.8, 4) is 0 Å². The lowest BCUT2D eigenvalue weighted by atomic mass is 9.97. The fraction of sp³-hybridized carbons (Fsp3) is 0.462. The Bertz CT molecular complexity index is 438. The molecule has 3 nitrogen and oxygen atoms in total. The molecule has 0 aromatic heterocycles. The molecule has 1 amide bonds. The first-order valence-corrected chi connectivity index (χ1v) is 6.84. The predicted octanol–water partition coefficient (Wildman–Crippen LogP) is 2.59. The molecule has 98 valence electrons. The monoisotopic (exact) mass is 314 g/mol. The molecule has 18 heavy (non-hydrogen) atoms. The highest BCUT2D eigenvalue weighted by atomic mass is 79.9. The molecular formula is C13H16BrFN2O. The van der Waals surface area contributed by atoms with Crippen molar-refractivity contribution < 1.29 is 9.18 Å². The molecular weight excluding hydrogens is 299 g/mol. The normalized spacial score (nSPS) is 17.7. The highest BCUT2D eigenvalue weighted by Gasteiger charge is 2.34. The van der Waals surface area contributed by atoms with E-state index >= 15 is 0 Å². The quantitative estimate of drug-likeness (QED) is 0.901. The number of carbonyl (C=O) groups is 1. The zero-order valence-electron chi connectivity index (χ0n) is 10.0. The van der Waals surface area contributed by atoms with Gasteiger partial charge in [0.15, 0.2) is 0 Å². The number of amides is 1. The van der Waals surface area contributed by atoms with Crippen molar-refractivity contribution in [1.29, 1.82) is 0 Å². The highest BCUT2D eigenvalue weighted by molar-refractivity contribution is 9.10. The van der Waals surface area contributed by atoms with Gasteiger partial charge < -0.3 is 11.1 Å². The van der Waals surface area contributed by atoms with Crippen molar-refractivity contribution in [2.45, 2.75) is 31.2 Å². The van der Waals surface area contributed by atoms with Gasteiger partial charge >= 0.3 is 0 Å². The van der Waals surface area contributed by atoms with Crippen LogP contribution in [0.1, 0.15) is 36.0 Å². The highest BCUT2D eigenvalue weighted by Crippen LogP contribution is 2.29. The van der Waals surface area contributed by atoms with Crippen LogP contribution in [0.4, 0.5) is 4.39 Å². The van der Waals surface area contributed by atoms with Gasteiger partial charge in [0.2, 0.25) is 0 Å². The van der Waals surface area contributed by atoms with E-state index in [9.17, 15) is 9.18 Å². The molecule has 1 aliphatic rings. The van der Waals surface area contributed by atoms with Gasteiger partial charge in [-0.25, -0.2) is 4.39 Å². The zero-order valence-corrected chi connectivity index (χ0v) is 11.6. The molecule has 1 saturated carbocycles. The lowest BCUT2D eigenvalue weighted by molar-refractivity contribution is 0.0898. The average Bonchev–Trinajstić information content (AvgIpc) is 2.78. The maximum atomic E-state index is 13.7.